The SMILES string of the molecule is CCOCC(C)OC(=O)c1cc(Cl)ncc1N. The second-order valence-electron chi connectivity index (χ2n) is 3.47. The first-order valence-corrected chi connectivity index (χ1v) is 5.62. The smallest absolute Gasteiger partial charge is 0.340 e. The highest BCUT2D eigenvalue weighted by Crippen LogP contribution is 2.16. The van der Waals surface area contributed by atoms with Crippen molar-refractivity contribution in [2.45, 2.75) is 20.0 Å². The molecule has 2 N–H and O–H groups in total. The molecule has 0 saturated carbocycles. The zero-order chi connectivity index (χ0) is 12.8. The largest absolute Gasteiger partial charge is 0.457 e. The number of halogens is 1. The van der Waals surface area contributed by atoms with Gasteiger partial charge in [0.05, 0.1) is 24.1 Å². The van der Waals surface area contributed by atoms with E-state index in [-0.39, 0.29) is 22.5 Å². The Hall–Kier alpha value is -1.33. The number of pyridine rings is 1. The molecule has 1 heterocycles. The van der Waals surface area contributed by atoms with Crippen molar-refractivity contribution in [3.8, 4) is 0 Å². The lowest BCUT2D eigenvalue weighted by Gasteiger charge is -2.13. The minimum atomic E-state index is -0.529. The Morgan fingerprint density at radius 1 is 1.65 bits per heavy atom. The van der Waals surface area contributed by atoms with Gasteiger partial charge in [-0.2, -0.15) is 0 Å². The van der Waals surface area contributed by atoms with Crippen molar-refractivity contribution in [3.05, 3.63) is 23.0 Å². The van der Waals surface area contributed by atoms with E-state index in [9.17, 15) is 4.79 Å². The standard InChI is InChI=1S/C11H15ClN2O3/c1-3-16-6-7(2)17-11(15)8-4-10(12)14-5-9(8)13/h4-5,7H,3,6,13H2,1-2H3. The van der Waals surface area contributed by atoms with Crippen LogP contribution in [0.1, 0.15) is 24.2 Å². The van der Waals surface area contributed by atoms with Crippen LogP contribution in [-0.4, -0.2) is 30.3 Å². The summed E-state index contributed by atoms with van der Waals surface area (Å²) in [6.45, 7) is 4.54. The van der Waals surface area contributed by atoms with E-state index in [4.69, 9.17) is 26.8 Å². The van der Waals surface area contributed by atoms with Crippen LogP contribution in [0.25, 0.3) is 0 Å². The molecular weight excluding hydrogens is 244 g/mol. The summed E-state index contributed by atoms with van der Waals surface area (Å²) in [5, 5.41) is 0.198. The molecule has 0 fully saturated rings. The second-order valence-corrected chi connectivity index (χ2v) is 3.86. The molecule has 94 valence electrons. The Kier molecular flexibility index (Phi) is 5.18. The molecule has 1 atom stereocenters. The van der Waals surface area contributed by atoms with Crippen molar-refractivity contribution in [3.63, 3.8) is 0 Å². The number of nitrogens with two attached hydrogens (primary N) is 1. The van der Waals surface area contributed by atoms with Crippen LogP contribution in [0.4, 0.5) is 5.69 Å². The normalized spacial score (nSPS) is 12.2. The first-order valence-electron chi connectivity index (χ1n) is 5.24. The number of rotatable bonds is 5. The van der Waals surface area contributed by atoms with Gasteiger partial charge < -0.3 is 15.2 Å². The molecule has 1 rings (SSSR count). The van der Waals surface area contributed by atoms with Gasteiger partial charge in [0.2, 0.25) is 0 Å². The van der Waals surface area contributed by atoms with E-state index < -0.39 is 5.97 Å². The minimum absolute atomic E-state index is 0.198. The average Bonchev–Trinajstić information content (AvgIpc) is 2.29. The number of anilines is 1. The predicted octanol–water partition coefficient (Wildman–Crippen LogP) is 1.90. The van der Waals surface area contributed by atoms with Crippen molar-refractivity contribution in [2.24, 2.45) is 0 Å². The lowest BCUT2D eigenvalue weighted by molar-refractivity contribution is 0.00448. The van der Waals surface area contributed by atoms with Gasteiger partial charge in [0.1, 0.15) is 11.3 Å². The molecule has 0 amide bonds. The summed E-state index contributed by atoms with van der Waals surface area (Å²) in [5.41, 5.74) is 6.07. The molecule has 0 aliphatic heterocycles. The maximum Gasteiger partial charge on any atom is 0.340 e. The van der Waals surface area contributed by atoms with Gasteiger partial charge in [0.15, 0.2) is 0 Å². The highest BCUT2D eigenvalue weighted by Gasteiger charge is 2.15. The summed E-state index contributed by atoms with van der Waals surface area (Å²) in [4.78, 5) is 15.5. The molecule has 0 radical (unpaired) electrons. The van der Waals surface area contributed by atoms with E-state index in [0.717, 1.165) is 0 Å². The first-order chi connectivity index (χ1) is 8.04. The summed E-state index contributed by atoms with van der Waals surface area (Å²) in [6.07, 6.45) is 0.986. The monoisotopic (exact) mass is 258 g/mol. The van der Waals surface area contributed by atoms with Crippen molar-refractivity contribution >= 4 is 23.3 Å². The van der Waals surface area contributed by atoms with Crippen LogP contribution in [0.2, 0.25) is 5.15 Å². The molecule has 1 aromatic rings. The van der Waals surface area contributed by atoms with E-state index in [0.29, 0.717) is 13.2 Å². The van der Waals surface area contributed by atoms with Crippen molar-refractivity contribution in [2.75, 3.05) is 18.9 Å². The fourth-order valence-corrected chi connectivity index (χ4v) is 1.34. The molecule has 0 bridgehead atoms. The van der Waals surface area contributed by atoms with Crippen LogP contribution < -0.4 is 5.73 Å². The second kappa shape index (κ2) is 6.42. The van der Waals surface area contributed by atoms with Crippen LogP contribution in [-0.2, 0) is 9.47 Å². The Bertz CT molecular complexity index is 398. The van der Waals surface area contributed by atoms with Gasteiger partial charge in [-0.1, -0.05) is 11.6 Å². The van der Waals surface area contributed by atoms with Gasteiger partial charge in [-0.25, -0.2) is 9.78 Å². The predicted molar refractivity (Wildman–Crippen MR) is 65.0 cm³/mol. The number of nitrogens with zero attached hydrogens (tertiary/aromatic N) is 1. The molecule has 0 aliphatic carbocycles. The van der Waals surface area contributed by atoms with E-state index in [2.05, 4.69) is 4.98 Å². The third-order valence-corrected chi connectivity index (χ3v) is 2.19. The lowest BCUT2D eigenvalue weighted by Crippen LogP contribution is -2.21. The topological polar surface area (TPSA) is 74.4 Å². The summed E-state index contributed by atoms with van der Waals surface area (Å²) in [7, 11) is 0. The van der Waals surface area contributed by atoms with E-state index in [1.54, 1.807) is 6.92 Å². The third kappa shape index (κ3) is 4.20. The summed E-state index contributed by atoms with van der Waals surface area (Å²) in [6, 6.07) is 1.38. The zero-order valence-electron chi connectivity index (χ0n) is 9.77. The van der Waals surface area contributed by atoms with Crippen molar-refractivity contribution in [1.82, 2.24) is 4.98 Å². The average molecular weight is 259 g/mol. The maximum atomic E-state index is 11.7. The van der Waals surface area contributed by atoms with Crippen LogP contribution in [0.5, 0.6) is 0 Å². The number of carbonyl (C=O) groups is 1. The van der Waals surface area contributed by atoms with Crippen LogP contribution in [0, 0.1) is 0 Å². The highest BCUT2D eigenvalue weighted by atomic mass is 35.5. The number of esters is 1. The summed E-state index contributed by atoms with van der Waals surface area (Å²) in [5.74, 6) is -0.529. The fourth-order valence-electron chi connectivity index (χ4n) is 1.18. The van der Waals surface area contributed by atoms with Gasteiger partial charge in [-0.3, -0.25) is 0 Å². The fraction of sp³-hybridized carbons (Fsp3) is 0.455. The number of aromatic nitrogens is 1. The van der Waals surface area contributed by atoms with Gasteiger partial charge in [-0.15, -0.1) is 0 Å². The molecule has 6 heteroatoms. The molecular formula is C11H15ClN2O3. The van der Waals surface area contributed by atoms with Gasteiger partial charge in [0.25, 0.3) is 0 Å². The molecule has 0 aliphatic rings. The molecule has 1 aromatic heterocycles. The Labute approximate surface area is 105 Å². The Morgan fingerprint density at radius 2 is 2.35 bits per heavy atom. The number of hydrogen-bond donors (Lipinski definition) is 1. The molecule has 1 unspecified atom stereocenters. The van der Waals surface area contributed by atoms with Crippen molar-refractivity contribution in [1.29, 1.82) is 0 Å². The van der Waals surface area contributed by atoms with E-state index in [1.165, 1.54) is 12.3 Å². The van der Waals surface area contributed by atoms with Gasteiger partial charge in [-0.05, 0) is 19.9 Å². The van der Waals surface area contributed by atoms with E-state index in [1.807, 2.05) is 6.92 Å². The van der Waals surface area contributed by atoms with Crippen LogP contribution in [0.3, 0.4) is 0 Å². The van der Waals surface area contributed by atoms with Crippen LogP contribution >= 0.6 is 11.6 Å². The zero-order valence-corrected chi connectivity index (χ0v) is 10.5. The lowest BCUT2D eigenvalue weighted by atomic mass is 10.2. The number of ether oxygens (including phenoxy) is 2. The Balaban J connectivity index is 2.66. The molecule has 17 heavy (non-hydrogen) atoms. The van der Waals surface area contributed by atoms with E-state index >= 15 is 0 Å². The van der Waals surface area contributed by atoms with Crippen molar-refractivity contribution < 1.29 is 14.3 Å². The minimum Gasteiger partial charge on any atom is -0.457 e. The van der Waals surface area contributed by atoms with Gasteiger partial charge >= 0.3 is 5.97 Å². The quantitative estimate of drug-likeness (QED) is 0.645. The number of hydrogen-bond acceptors (Lipinski definition) is 5. The maximum absolute atomic E-state index is 11.7. The van der Waals surface area contributed by atoms with Crippen LogP contribution in [0.15, 0.2) is 12.3 Å². The third-order valence-electron chi connectivity index (χ3n) is 1.99. The number of nitrogen functional groups attached to an aromatic ring is 1. The molecule has 0 aromatic carbocycles. The first kappa shape index (κ1) is 13.7. The van der Waals surface area contributed by atoms with Gasteiger partial charge in [0, 0.05) is 6.61 Å². The Morgan fingerprint density at radius 3 is 3.00 bits per heavy atom. The molecule has 0 saturated heterocycles. The summed E-state index contributed by atoms with van der Waals surface area (Å²) >= 11 is 5.68. The number of carbonyl (C=O) groups excluding carboxylic acids is 1. The molecule has 5 nitrogen and oxygen atoms in total. The summed E-state index contributed by atoms with van der Waals surface area (Å²) < 4.78 is 10.3. The molecule has 0 spiro atoms. The highest BCUT2D eigenvalue weighted by molar-refractivity contribution is 6.29.